The Morgan fingerprint density at radius 1 is 0.215 bits per heavy atom. The van der Waals surface area contributed by atoms with Crippen LogP contribution in [0.25, 0.3) is 263 Å². The van der Waals surface area contributed by atoms with Gasteiger partial charge in [0.05, 0.1) is 89.7 Å². The number of fused-ring (bicyclic) bond motifs is 28. The Morgan fingerprint density at radius 3 is 1.01 bits per heavy atom. The molecule has 20 aromatic carbocycles. The zero-order chi connectivity index (χ0) is 94.9. The van der Waals surface area contributed by atoms with E-state index < -0.39 is 5.41 Å². The average Bonchev–Trinajstić information content (AvgIpc) is 1.52. The summed E-state index contributed by atoms with van der Waals surface area (Å²) in [7, 11) is 0. The van der Waals surface area contributed by atoms with E-state index in [1.54, 1.807) is 0 Å². The molecule has 0 bridgehead atoms. The van der Waals surface area contributed by atoms with Crippen LogP contribution in [0.3, 0.4) is 0 Å². The van der Waals surface area contributed by atoms with Crippen molar-refractivity contribution in [1.29, 1.82) is 0 Å². The molecule has 2 aliphatic rings. The quantitative estimate of drug-likeness (QED) is 0.109. The van der Waals surface area contributed by atoms with E-state index in [9.17, 15) is 0 Å². The largest absolute Gasteiger partial charge is 0.309 e. The van der Waals surface area contributed by atoms with E-state index in [4.69, 9.17) is 19.9 Å². The van der Waals surface area contributed by atoms with E-state index in [1.807, 2.05) is 22.7 Å². The highest BCUT2D eigenvalue weighted by Gasteiger charge is 2.44. The van der Waals surface area contributed by atoms with Gasteiger partial charge in [0.25, 0.3) is 0 Å². The molecule has 0 amide bonds. The van der Waals surface area contributed by atoms with Gasteiger partial charge >= 0.3 is 0 Å². The monoisotopic (exact) mass is 1870 g/mol. The average molecular weight is 1870 g/mol. The SMILES string of the molecule is CC1(C)c2ccccc2-c2ccc3c(c21)c1ccccc1n3-c1ccccc1-c1ccc(-c2nc(-c3ccccc3)cc(-c3ccccc3)n2)cc1-n1c2ccccc2c2c3c(ccc21)-c1ccccc1C3(C)Cc1ccc2c(c1)c1c3sc4ccccc4c3ccc1n2-c1ccccc1-c1ccc(-c2nc(-c3ccccc3)cc(-c3ccccc3)n2)cc1-n1c2ccccc2c2c3sc4ccccc4c3ccc21. The maximum atomic E-state index is 5.59. The smallest absolute Gasteiger partial charge is 0.160 e. The van der Waals surface area contributed by atoms with E-state index in [1.165, 1.54) is 139 Å². The third-order valence-corrected chi connectivity index (χ3v) is 33.6. The molecular weight excluding hydrogens is 1790 g/mol. The number of hydrogen-bond acceptors (Lipinski definition) is 6. The molecule has 0 N–H and O–H groups in total. The minimum atomic E-state index is -0.579. The molecule has 144 heavy (non-hydrogen) atoms. The Kier molecular flexibility index (Phi) is 18.0. The Hall–Kier alpha value is -17.8. The first kappa shape index (κ1) is 82.1. The number of para-hydroxylation sites is 5. The third-order valence-electron chi connectivity index (χ3n) is 31.2. The second-order valence-electron chi connectivity index (χ2n) is 39.5. The van der Waals surface area contributed by atoms with Crippen LogP contribution in [0.4, 0.5) is 0 Å². The second-order valence-corrected chi connectivity index (χ2v) is 41.6. The fraction of sp³-hybridized carbons (Fsp3) is 0.0448. The van der Waals surface area contributed by atoms with Gasteiger partial charge in [-0.25, -0.2) is 19.9 Å². The Balaban J connectivity index is 0.625. The van der Waals surface area contributed by atoms with Crippen LogP contribution in [-0.4, -0.2) is 38.2 Å². The third kappa shape index (κ3) is 12.2. The molecule has 0 fully saturated rings. The number of aromatic nitrogens is 8. The lowest BCUT2D eigenvalue weighted by atomic mass is 9.74. The van der Waals surface area contributed by atoms with Crippen molar-refractivity contribution in [2.45, 2.75) is 38.0 Å². The summed E-state index contributed by atoms with van der Waals surface area (Å²) in [5.41, 5.74) is 37.7. The topological polar surface area (TPSA) is 71.3 Å². The van der Waals surface area contributed by atoms with Crippen molar-refractivity contribution in [3.05, 3.63) is 483 Å². The fourth-order valence-electron chi connectivity index (χ4n) is 25.0. The molecule has 8 aromatic heterocycles. The molecule has 1 atom stereocenters. The normalized spacial score (nSPS) is 13.8. The summed E-state index contributed by atoms with van der Waals surface area (Å²) in [4.78, 5) is 22.3. The van der Waals surface area contributed by atoms with Crippen LogP contribution in [0.1, 0.15) is 48.6 Å². The lowest BCUT2D eigenvalue weighted by Gasteiger charge is -2.29. The Labute approximate surface area is 837 Å². The number of nitrogens with zero attached hydrogens (tertiary/aromatic N) is 8. The summed E-state index contributed by atoms with van der Waals surface area (Å²) in [6.45, 7) is 7.37. The minimum absolute atomic E-state index is 0.255. The van der Waals surface area contributed by atoms with Crippen molar-refractivity contribution < 1.29 is 0 Å². The summed E-state index contributed by atoms with van der Waals surface area (Å²) >= 11 is 3.78. The molecule has 1 unspecified atom stereocenters. The molecule has 0 radical (unpaired) electrons. The first-order valence-corrected chi connectivity index (χ1v) is 51.2. The van der Waals surface area contributed by atoms with Gasteiger partial charge in [-0.2, -0.15) is 0 Å². The van der Waals surface area contributed by atoms with Crippen molar-refractivity contribution in [2.75, 3.05) is 0 Å². The molecule has 8 heterocycles. The molecule has 0 spiro atoms. The van der Waals surface area contributed by atoms with Gasteiger partial charge in [0.1, 0.15) is 0 Å². The van der Waals surface area contributed by atoms with Crippen LogP contribution in [0.5, 0.6) is 0 Å². The number of hydrogen-bond donors (Lipinski definition) is 0. The summed E-state index contributed by atoms with van der Waals surface area (Å²) in [5.74, 6) is 1.28. The summed E-state index contributed by atoms with van der Waals surface area (Å²) < 4.78 is 15.3. The van der Waals surface area contributed by atoms with Crippen molar-refractivity contribution in [1.82, 2.24) is 38.2 Å². The maximum Gasteiger partial charge on any atom is 0.160 e. The van der Waals surface area contributed by atoms with Crippen LogP contribution in [-0.2, 0) is 17.3 Å². The van der Waals surface area contributed by atoms with Crippen molar-refractivity contribution in [3.8, 4) is 135 Å². The fourth-order valence-corrected chi connectivity index (χ4v) is 27.5. The highest BCUT2D eigenvalue weighted by molar-refractivity contribution is 7.27. The first-order chi connectivity index (χ1) is 71.1. The van der Waals surface area contributed by atoms with E-state index in [-0.39, 0.29) is 5.41 Å². The standard InChI is InChI=1S/C134H86N8S2/c1-133(2)103-51-25-16-42-87(103)95-65-70-115-123(127(95)133)99-48-20-29-55-111(99)139(115)109-53-27-18-44-89(109)91-63-61-85(131-135-105(81-34-8-4-9-35-81)77-106(136-131)82-36-10-5-11-37-82)75-119(91)141-112-56-30-21-49-100(112)124-116(141)71-66-96-88-43-17-26-52-104(88)134(3,128(96)124)79-80-60-69-114-102(74-80)126-118(73-68-98-94-47-24-33-59-122(94)144-130(98)126)140(114)110-54-28-19-45-90(110)92-64-62-86(132-137-107(83-38-12-6-13-39-83)78-108(138-132)84-40-14-7-15-41-84)76-120(92)142-113-57-31-22-50-101(113)125-117(142)72-67-97-93-46-23-32-58-121(93)143-129(97)125/h4-78H,79H2,1-3H3. The predicted molar refractivity (Wildman–Crippen MR) is 604 cm³/mol. The summed E-state index contributed by atoms with van der Waals surface area (Å²) in [6, 6.07) is 169. The van der Waals surface area contributed by atoms with Crippen molar-refractivity contribution in [3.63, 3.8) is 0 Å². The van der Waals surface area contributed by atoms with Crippen LogP contribution in [0, 0.1) is 0 Å². The predicted octanol–water partition coefficient (Wildman–Crippen LogP) is 35.6. The zero-order valence-electron chi connectivity index (χ0n) is 78.9. The van der Waals surface area contributed by atoms with Crippen LogP contribution in [0.2, 0.25) is 0 Å². The molecule has 0 saturated heterocycles. The van der Waals surface area contributed by atoms with E-state index in [2.05, 4.69) is 494 Å². The van der Waals surface area contributed by atoms with Gasteiger partial charge < -0.3 is 18.3 Å². The van der Waals surface area contributed by atoms with E-state index >= 15 is 0 Å². The second kappa shape index (κ2) is 31.6. The zero-order valence-corrected chi connectivity index (χ0v) is 80.5. The lowest BCUT2D eigenvalue weighted by Crippen LogP contribution is -2.24. The molecule has 28 aromatic rings. The molecule has 0 aliphatic heterocycles. The number of thiophene rings is 2. The summed E-state index contributed by atoms with van der Waals surface area (Å²) in [6.07, 6.45) is 0.697. The van der Waals surface area contributed by atoms with Crippen molar-refractivity contribution >= 4 is 150 Å². The Bertz CT molecular complexity index is 10200. The van der Waals surface area contributed by atoms with E-state index in [0.29, 0.717) is 18.1 Å². The lowest BCUT2D eigenvalue weighted by molar-refractivity contribution is 0.588. The van der Waals surface area contributed by atoms with Gasteiger partial charge in [-0.15, -0.1) is 22.7 Å². The maximum absolute atomic E-state index is 5.59. The van der Waals surface area contributed by atoms with Gasteiger partial charge in [-0.3, -0.25) is 0 Å². The molecule has 2 aliphatic carbocycles. The minimum Gasteiger partial charge on any atom is -0.309 e. The van der Waals surface area contributed by atoms with Gasteiger partial charge in [-0.05, 0) is 160 Å². The molecule has 30 rings (SSSR count). The van der Waals surface area contributed by atoms with Gasteiger partial charge in [0.15, 0.2) is 11.6 Å². The van der Waals surface area contributed by atoms with Crippen molar-refractivity contribution in [2.24, 2.45) is 0 Å². The number of benzene rings is 20. The van der Waals surface area contributed by atoms with E-state index in [0.717, 1.165) is 140 Å². The number of rotatable bonds is 14. The van der Waals surface area contributed by atoms with Crippen LogP contribution >= 0.6 is 22.7 Å². The molecule has 8 nitrogen and oxygen atoms in total. The Morgan fingerprint density at radius 2 is 0.542 bits per heavy atom. The van der Waals surface area contributed by atoms with Gasteiger partial charge in [0.2, 0.25) is 0 Å². The van der Waals surface area contributed by atoms with Crippen LogP contribution < -0.4 is 0 Å². The molecule has 674 valence electrons. The first-order valence-electron chi connectivity index (χ1n) is 49.6. The van der Waals surface area contributed by atoms with Gasteiger partial charge in [0, 0.05) is 150 Å². The summed E-state index contributed by atoms with van der Waals surface area (Å²) in [5, 5.41) is 14.9. The highest BCUT2D eigenvalue weighted by atomic mass is 32.1. The molecule has 0 saturated carbocycles. The van der Waals surface area contributed by atoms with Gasteiger partial charge in [-0.1, -0.05) is 373 Å². The van der Waals surface area contributed by atoms with Crippen LogP contribution in [0.15, 0.2) is 455 Å². The molecular formula is C134H86N8S2. The highest BCUT2D eigenvalue weighted by Crippen LogP contribution is 2.59. The molecule has 10 heteroatoms.